The van der Waals surface area contributed by atoms with Crippen LogP contribution in [0.4, 0.5) is 0 Å². The quantitative estimate of drug-likeness (QED) is 0.547. The molecule has 0 saturated heterocycles. The number of hydrogen-bond donors (Lipinski definition) is 0. The van der Waals surface area contributed by atoms with E-state index in [1.807, 2.05) is 50.2 Å². The Morgan fingerprint density at radius 3 is 1.40 bits per heavy atom. The molecular formula is C23H22O2. The number of methoxy groups -OCH3 is 1. The second-order valence-electron chi connectivity index (χ2n) is 6.40. The minimum Gasteiger partial charge on any atom is -0.497 e. The fourth-order valence-corrected chi connectivity index (χ4v) is 2.80. The smallest absolute Gasteiger partial charge is 0.165 e. The summed E-state index contributed by atoms with van der Waals surface area (Å²) in [5, 5.41) is 0. The average Bonchev–Trinajstić information content (AvgIpc) is 2.67. The van der Waals surface area contributed by atoms with Crippen molar-refractivity contribution >= 4 is 5.78 Å². The molecule has 3 aromatic rings. The largest absolute Gasteiger partial charge is 0.497 e. The summed E-state index contributed by atoms with van der Waals surface area (Å²) in [4.78, 5) is 12.0. The predicted molar refractivity (Wildman–Crippen MR) is 103 cm³/mol. The third-order valence-electron chi connectivity index (χ3n) is 4.34. The van der Waals surface area contributed by atoms with Crippen molar-refractivity contribution in [1.29, 1.82) is 0 Å². The van der Waals surface area contributed by atoms with E-state index in [1.165, 1.54) is 0 Å². The van der Waals surface area contributed by atoms with Crippen LogP contribution < -0.4 is 4.74 Å². The standard InChI is InChI=1S/C23H22O2/c1-16(2)23(24)21-10-8-19(9-11-21)17-4-6-18(7-5-17)20-12-14-22(25-3)15-13-20/h4-16H,1-3H3. The molecular weight excluding hydrogens is 308 g/mol. The van der Waals surface area contributed by atoms with E-state index in [1.54, 1.807) is 7.11 Å². The summed E-state index contributed by atoms with van der Waals surface area (Å²) in [6.45, 7) is 3.85. The number of benzene rings is 3. The van der Waals surface area contributed by atoms with Gasteiger partial charge in [0.1, 0.15) is 5.75 Å². The minimum atomic E-state index is 0.0228. The molecule has 0 bridgehead atoms. The first-order chi connectivity index (χ1) is 12.1. The minimum absolute atomic E-state index is 0.0228. The average molecular weight is 330 g/mol. The van der Waals surface area contributed by atoms with Crippen molar-refractivity contribution in [3.63, 3.8) is 0 Å². The Labute approximate surface area is 149 Å². The molecule has 0 amide bonds. The topological polar surface area (TPSA) is 26.3 Å². The molecule has 0 aromatic heterocycles. The van der Waals surface area contributed by atoms with E-state index in [2.05, 4.69) is 36.4 Å². The zero-order chi connectivity index (χ0) is 17.8. The van der Waals surface area contributed by atoms with E-state index in [4.69, 9.17) is 4.74 Å². The van der Waals surface area contributed by atoms with Crippen molar-refractivity contribution in [2.75, 3.05) is 7.11 Å². The molecule has 126 valence electrons. The fraction of sp³-hybridized carbons (Fsp3) is 0.174. The summed E-state index contributed by atoms with van der Waals surface area (Å²) >= 11 is 0. The van der Waals surface area contributed by atoms with E-state index >= 15 is 0 Å². The maximum absolute atomic E-state index is 12.0. The lowest BCUT2D eigenvalue weighted by molar-refractivity contribution is 0.0939. The van der Waals surface area contributed by atoms with Crippen LogP contribution >= 0.6 is 0 Å². The van der Waals surface area contributed by atoms with Crippen molar-refractivity contribution in [1.82, 2.24) is 0 Å². The number of ether oxygens (including phenoxy) is 1. The Balaban J connectivity index is 1.81. The van der Waals surface area contributed by atoms with Gasteiger partial charge in [-0.15, -0.1) is 0 Å². The zero-order valence-electron chi connectivity index (χ0n) is 14.8. The van der Waals surface area contributed by atoms with Crippen LogP contribution in [0.1, 0.15) is 24.2 Å². The summed E-state index contributed by atoms with van der Waals surface area (Å²) in [5.41, 5.74) is 5.35. The summed E-state index contributed by atoms with van der Waals surface area (Å²) in [6.07, 6.45) is 0. The van der Waals surface area contributed by atoms with Crippen LogP contribution in [0.2, 0.25) is 0 Å². The lowest BCUT2D eigenvalue weighted by atomic mass is 9.97. The summed E-state index contributed by atoms with van der Waals surface area (Å²) in [5.74, 6) is 1.06. The monoisotopic (exact) mass is 330 g/mol. The third kappa shape index (κ3) is 3.80. The van der Waals surface area contributed by atoms with Crippen LogP contribution in [-0.2, 0) is 0 Å². The number of carbonyl (C=O) groups excluding carboxylic acids is 1. The molecule has 2 nitrogen and oxygen atoms in total. The molecule has 25 heavy (non-hydrogen) atoms. The first-order valence-corrected chi connectivity index (χ1v) is 8.47. The molecule has 0 saturated carbocycles. The van der Waals surface area contributed by atoms with Gasteiger partial charge in [-0.05, 0) is 34.4 Å². The van der Waals surface area contributed by atoms with Crippen molar-refractivity contribution in [3.05, 3.63) is 78.4 Å². The highest BCUT2D eigenvalue weighted by Crippen LogP contribution is 2.26. The van der Waals surface area contributed by atoms with Gasteiger partial charge >= 0.3 is 0 Å². The van der Waals surface area contributed by atoms with E-state index in [0.29, 0.717) is 0 Å². The first kappa shape index (κ1) is 17.0. The van der Waals surface area contributed by atoms with Gasteiger partial charge in [0.15, 0.2) is 5.78 Å². The van der Waals surface area contributed by atoms with Gasteiger partial charge < -0.3 is 4.74 Å². The van der Waals surface area contributed by atoms with E-state index in [-0.39, 0.29) is 11.7 Å². The number of carbonyl (C=O) groups is 1. The third-order valence-corrected chi connectivity index (χ3v) is 4.34. The second kappa shape index (κ2) is 7.35. The maximum atomic E-state index is 12.0. The molecule has 3 aromatic carbocycles. The molecule has 0 spiro atoms. The van der Waals surface area contributed by atoms with Crippen LogP contribution in [-0.4, -0.2) is 12.9 Å². The molecule has 2 heteroatoms. The van der Waals surface area contributed by atoms with Crippen LogP contribution in [0, 0.1) is 5.92 Å². The lowest BCUT2D eigenvalue weighted by Crippen LogP contribution is -2.06. The summed E-state index contributed by atoms with van der Waals surface area (Å²) < 4.78 is 5.20. The van der Waals surface area contributed by atoms with E-state index < -0.39 is 0 Å². The second-order valence-corrected chi connectivity index (χ2v) is 6.40. The SMILES string of the molecule is COc1ccc(-c2ccc(-c3ccc(C(=O)C(C)C)cc3)cc2)cc1. The van der Waals surface area contributed by atoms with E-state index in [9.17, 15) is 4.79 Å². The van der Waals surface area contributed by atoms with Gasteiger partial charge in [-0.2, -0.15) is 0 Å². The molecule has 0 aliphatic carbocycles. The van der Waals surface area contributed by atoms with Crippen molar-refractivity contribution in [2.24, 2.45) is 5.92 Å². The van der Waals surface area contributed by atoms with Crippen molar-refractivity contribution in [2.45, 2.75) is 13.8 Å². The van der Waals surface area contributed by atoms with Gasteiger partial charge in [0.05, 0.1) is 7.11 Å². The molecule has 0 aliphatic heterocycles. The Kier molecular flexibility index (Phi) is 4.99. The van der Waals surface area contributed by atoms with Gasteiger partial charge in [-0.25, -0.2) is 0 Å². The van der Waals surface area contributed by atoms with Crippen LogP contribution in [0.5, 0.6) is 5.75 Å². The van der Waals surface area contributed by atoms with Gasteiger partial charge in [-0.3, -0.25) is 4.79 Å². The Morgan fingerprint density at radius 2 is 1.04 bits per heavy atom. The number of hydrogen-bond acceptors (Lipinski definition) is 2. The molecule has 0 radical (unpaired) electrons. The van der Waals surface area contributed by atoms with Gasteiger partial charge in [0.25, 0.3) is 0 Å². The molecule has 0 N–H and O–H groups in total. The van der Waals surface area contributed by atoms with Crippen molar-refractivity contribution < 1.29 is 9.53 Å². The van der Waals surface area contributed by atoms with Crippen molar-refractivity contribution in [3.8, 4) is 28.0 Å². The first-order valence-electron chi connectivity index (χ1n) is 8.47. The molecule has 0 fully saturated rings. The summed E-state index contributed by atoms with van der Waals surface area (Å²) in [6, 6.07) is 24.3. The lowest BCUT2D eigenvalue weighted by Gasteiger charge is -2.08. The highest BCUT2D eigenvalue weighted by atomic mass is 16.5. The molecule has 0 atom stereocenters. The highest BCUT2D eigenvalue weighted by molar-refractivity contribution is 5.97. The van der Waals surface area contributed by atoms with Crippen LogP contribution in [0.15, 0.2) is 72.8 Å². The Hall–Kier alpha value is -2.87. The number of rotatable bonds is 5. The fourth-order valence-electron chi connectivity index (χ4n) is 2.80. The highest BCUT2D eigenvalue weighted by Gasteiger charge is 2.10. The number of ketones is 1. The number of Topliss-reactive ketones (excluding diaryl/α,β-unsaturated/α-hetero) is 1. The maximum Gasteiger partial charge on any atom is 0.165 e. The zero-order valence-corrected chi connectivity index (χ0v) is 14.8. The predicted octanol–water partition coefficient (Wildman–Crippen LogP) is 5.87. The molecule has 0 heterocycles. The van der Waals surface area contributed by atoms with Gasteiger partial charge in [-0.1, -0.05) is 74.5 Å². The van der Waals surface area contributed by atoms with Crippen LogP contribution in [0.3, 0.4) is 0 Å². The van der Waals surface area contributed by atoms with Crippen LogP contribution in [0.25, 0.3) is 22.3 Å². The molecule has 0 unspecified atom stereocenters. The molecule has 0 aliphatic rings. The Bertz CT molecular complexity index is 842. The normalized spacial score (nSPS) is 10.7. The van der Waals surface area contributed by atoms with E-state index in [0.717, 1.165) is 33.6 Å². The van der Waals surface area contributed by atoms with Gasteiger partial charge in [0.2, 0.25) is 0 Å². The Morgan fingerprint density at radius 1 is 0.680 bits per heavy atom. The van der Waals surface area contributed by atoms with Gasteiger partial charge in [0, 0.05) is 11.5 Å². The summed E-state index contributed by atoms with van der Waals surface area (Å²) in [7, 11) is 1.67. The molecule has 3 rings (SSSR count).